The predicted molar refractivity (Wildman–Crippen MR) is 53.0 cm³/mol. The summed E-state index contributed by atoms with van der Waals surface area (Å²) in [5, 5.41) is 0. The van der Waals surface area contributed by atoms with Crippen molar-refractivity contribution in [1.29, 1.82) is 0 Å². The first kappa shape index (κ1) is 9.96. The van der Waals surface area contributed by atoms with Crippen LogP contribution in [0.3, 0.4) is 0 Å². The molecule has 0 unspecified atom stereocenters. The summed E-state index contributed by atoms with van der Waals surface area (Å²) in [6, 6.07) is 0. The van der Waals surface area contributed by atoms with Crippen LogP contribution in [0.25, 0.3) is 0 Å². The van der Waals surface area contributed by atoms with Crippen LogP contribution in [0.15, 0.2) is 4.79 Å². The van der Waals surface area contributed by atoms with Gasteiger partial charge < -0.3 is 4.98 Å². The van der Waals surface area contributed by atoms with E-state index < -0.39 is 0 Å². The molecule has 3 nitrogen and oxygen atoms in total. The van der Waals surface area contributed by atoms with Crippen LogP contribution in [0.4, 0.5) is 0 Å². The van der Waals surface area contributed by atoms with Gasteiger partial charge in [-0.2, -0.15) is 0 Å². The fourth-order valence-electron chi connectivity index (χ4n) is 1.47. The molecule has 0 atom stereocenters. The predicted octanol–water partition coefficient (Wildman–Crippen LogP) is 1.59. The number of aromatic nitrogens is 2. The summed E-state index contributed by atoms with van der Waals surface area (Å²) < 4.78 is 0. The monoisotopic (exact) mass is 180 g/mol. The van der Waals surface area contributed by atoms with Gasteiger partial charge in [0.25, 0.3) is 5.56 Å². The highest BCUT2D eigenvalue weighted by atomic mass is 16.1. The Kier molecular flexibility index (Phi) is 3.23. The molecule has 1 aromatic heterocycles. The van der Waals surface area contributed by atoms with E-state index in [1.165, 1.54) is 0 Å². The maximum atomic E-state index is 11.1. The minimum absolute atomic E-state index is 0.0364. The molecule has 0 aliphatic heterocycles. The van der Waals surface area contributed by atoms with Gasteiger partial charge in [0.15, 0.2) is 0 Å². The second-order valence-electron chi connectivity index (χ2n) is 2.93. The molecule has 0 amide bonds. The molecule has 0 bridgehead atoms. The molecule has 1 aliphatic carbocycles. The minimum atomic E-state index is -0.0364. The van der Waals surface area contributed by atoms with Gasteiger partial charge in [-0.3, -0.25) is 9.78 Å². The van der Waals surface area contributed by atoms with E-state index in [1.54, 1.807) is 6.92 Å². The van der Waals surface area contributed by atoms with E-state index in [0.717, 1.165) is 30.7 Å². The molecule has 0 aromatic carbocycles. The molecular formula is C10H16N2O. The van der Waals surface area contributed by atoms with Crippen molar-refractivity contribution in [3.05, 3.63) is 27.4 Å². The summed E-state index contributed by atoms with van der Waals surface area (Å²) in [5.74, 6) is 0. The Hall–Kier alpha value is -1.12. The quantitative estimate of drug-likeness (QED) is 0.659. The summed E-state index contributed by atoms with van der Waals surface area (Å²) >= 11 is 0. The van der Waals surface area contributed by atoms with E-state index >= 15 is 0 Å². The lowest BCUT2D eigenvalue weighted by Crippen LogP contribution is -2.14. The molecule has 1 aromatic rings. The lowest BCUT2D eigenvalue weighted by molar-refractivity contribution is 0.892. The van der Waals surface area contributed by atoms with Crippen LogP contribution in [-0.2, 0) is 12.8 Å². The van der Waals surface area contributed by atoms with Crippen molar-refractivity contribution in [2.45, 2.75) is 40.0 Å². The van der Waals surface area contributed by atoms with E-state index in [1.807, 2.05) is 13.8 Å². The van der Waals surface area contributed by atoms with Crippen LogP contribution in [0.1, 0.15) is 37.4 Å². The third kappa shape index (κ3) is 1.97. The first-order chi connectivity index (χ1) is 6.27. The number of aromatic amines is 1. The van der Waals surface area contributed by atoms with E-state index in [0.29, 0.717) is 5.69 Å². The molecule has 0 saturated heterocycles. The van der Waals surface area contributed by atoms with Crippen LogP contribution >= 0.6 is 0 Å². The summed E-state index contributed by atoms with van der Waals surface area (Å²) in [6.45, 7) is 5.75. The van der Waals surface area contributed by atoms with Crippen molar-refractivity contribution in [2.75, 3.05) is 0 Å². The maximum absolute atomic E-state index is 11.1. The van der Waals surface area contributed by atoms with Gasteiger partial charge in [-0.15, -0.1) is 0 Å². The molecule has 13 heavy (non-hydrogen) atoms. The van der Waals surface area contributed by atoms with E-state index in [2.05, 4.69) is 9.97 Å². The van der Waals surface area contributed by atoms with E-state index in [-0.39, 0.29) is 5.56 Å². The highest BCUT2D eigenvalue weighted by Crippen LogP contribution is 2.15. The fourth-order valence-corrected chi connectivity index (χ4v) is 1.47. The molecule has 0 spiro atoms. The molecule has 0 fully saturated rings. The summed E-state index contributed by atoms with van der Waals surface area (Å²) in [7, 11) is 0. The molecule has 1 N–H and O–H groups in total. The molecule has 1 aliphatic rings. The second-order valence-corrected chi connectivity index (χ2v) is 2.93. The Morgan fingerprint density at radius 1 is 1.31 bits per heavy atom. The number of nitrogens with one attached hydrogen (secondary N) is 1. The summed E-state index contributed by atoms with van der Waals surface area (Å²) in [6.07, 6.45) is 3.13. The van der Waals surface area contributed by atoms with Crippen LogP contribution in [0.2, 0.25) is 0 Å². The highest BCUT2D eigenvalue weighted by Gasteiger charge is 2.13. The number of rotatable bonds is 0. The molecule has 0 radical (unpaired) electrons. The average Bonchev–Trinajstić information content (AvgIpc) is 2.56. The Morgan fingerprint density at radius 2 is 2.00 bits per heavy atom. The number of H-pyrrole nitrogens is 1. The molecule has 0 saturated carbocycles. The lowest BCUT2D eigenvalue weighted by atomic mass is 10.3. The van der Waals surface area contributed by atoms with Gasteiger partial charge in [0, 0.05) is 5.69 Å². The molecular weight excluding hydrogens is 164 g/mol. The molecule has 3 heteroatoms. The normalized spacial score (nSPS) is 13.2. The van der Waals surface area contributed by atoms with Gasteiger partial charge in [-0.05, 0) is 26.2 Å². The summed E-state index contributed by atoms with van der Waals surface area (Å²) in [5.41, 5.74) is 2.68. The van der Waals surface area contributed by atoms with E-state index in [9.17, 15) is 4.79 Å². The first-order valence-electron chi connectivity index (χ1n) is 4.86. The SMILES string of the molecule is CC.Cc1nc2c([nH]c1=O)CCC2. The van der Waals surface area contributed by atoms with Crippen molar-refractivity contribution in [3.63, 3.8) is 0 Å². The second kappa shape index (κ2) is 4.21. The molecule has 1 heterocycles. The Bertz CT molecular complexity index is 341. The standard InChI is InChI=1S/C8H10N2O.C2H6/c1-5-8(11)10-7-4-2-3-6(7)9-5;1-2/h2-4H2,1H3,(H,10,11);1-2H3. The Morgan fingerprint density at radius 3 is 2.69 bits per heavy atom. The fraction of sp³-hybridized carbons (Fsp3) is 0.600. The van der Waals surface area contributed by atoms with Crippen LogP contribution < -0.4 is 5.56 Å². The number of fused-ring (bicyclic) bond motifs is 1. The number of hydrogen-bond donors (Lipinski definition) is 1. The van der Waals surface area contributed by atoms with Gasteiger partial charge in [-0.25, -0.2) is 0 Å². The van der Waals surface area contributed by atoms with Crippen LogP contribution in [0, 0.1) is 6.92 Å². The van der Waals surface area contributed by atoms with Gasteiger partial charge >= 0.3 is 0 Å². The van der Waals surface area contributed by atoms with Crippen molar-refractivity contribution >= 4 is 0 Å². The number of hydrogen-bond acceptors (Lipinski definition) is 2. The largest absolute Gasteiger partial charge is 0.323 e. The van der Waals surface area contributed by atoms with Gasteiger partial charge in [-0.1, -0.05) is 13.8 Å². The third-order valence-electron chi connectivity index (χ3n) is 2.08. The van der Waals surface area contributed by atoms with Crippen LogP contribution in [-0.4, -0.2) is 9.97 Å². The van der Waals surface area contributed by atoms with E-state index in [4.69, 9.17) is 0 Å². The smallest absolute Gasteiger partial charge is 0.269 e. The maximum Gasteiger partial charge on any atom is 0.269 e. The molecule has 2 rings (SSSR count). The van der Waals surface area contributed by atoms with Crippen molar-refractivity contribution < 1.29 is 0 Å². The van der Waals surface area contributed by atoms with Crippen molar-refractivity contribution in [2.24, 2.45) is 0 Å². The summed E-state index contributed by atoms with van der Waals surface area (Å²) in [4.78, 5) is 18.1. The van der Waals surface area contributed by atoms with Gasteiger partial charge in [0.05, 0.1) is 5.69 Å². The lowest BCUT2D eigenvalue weighted by Gasteiger charge is -1.97. The van der Waals surface area contributed by atoms with Crippen molar-refractivity contribution in [3.8, 4) is 0 Å². The number of nitrogens with zero attached hydrogens (tertiary/aromatic N) is 1. The number of aryl methyl sites for hydroxylation is 3. The zero-order valence-corrected chi connectivity index (χ0v) is 8.48. The average molecular weight is 180 g/mol. The van der Waals surface area contributed by atoms with Crippen LogP contribution in [0.5, 0.6) is 0 Å². The first-order valence-corrected chi connectivity index (χ1v) is 4.86. The topological polar surface area (TPSA) is 45.8 Å². The third-order valence-corrected chi connectivity index (χ3v) is 2.08. The zero-order valence-electron chi connectivity index (χ0n) is 8.48. The van der Waals surface area contributed by atoms with Gasteiger partial charge in [0.2, 0.25) is 0 Å². The minimum Gasteiger partial charge on any atom is -0.323 e. The Labute approximate surface area is 78.2 Å². The molecule has 72 valence electrons. The highest BCUT2D eigenvalue weighted by molar-refractivity contribution is 5.18. The zero-order chi connectivity index (χ0) is 9.84. The Balaban J connectivity index is 0.000000396. The van der Waals surface area contributed by atoms with Gasteiger partial charge in [0.1, 0.15) is 5.69 Å². The van der Waals surface area contributed by atoms with Crippen molar-refractivity contribution in [1.82, 2.24) is 9.97 Å².